The van der Waals surface area contributed by atoms with Crippen molar-refractivity contribution in [2.24, 2.45) is 0 Å². The standard InChI is InChI=1S/C25H17F5/c1-2-15-3-4-18-12-19(6-5-17(18)11-15)20-13-22(26)24(23(27)14-20)16-7-9-21(10-8-16)25(28,29)30/h3-14H,2H2,1H3. The number of fused-ring (bicyclic) bond motifs is 1. The van der Waals surface area contributed by atoms with Gasteiger partial charge in [-0.15, -0.1) is 0 Å². The van der Waals surface area contributed by atoms with Crippen LogP contribution in [-0.2, 0) is 12.6 Å². The smallest absolute Gasteiger partial charge is 0.206 e. The maximum Gasteiger partial charge on any atom is 0.416 e. The molecule has 4 aromatic carbocycles. The summed E-state index contributed by atoms with van der Waals surface area (Å²) in [5.74, 6) is -1.66. The summed E-state index contributed by atoms with van der Waals surface area (Å²) in [5.41, 5.74) is 1.06. The molecular weight excluding hydrogens is 395 g/mol. The molecule has 0 spiro atoms. The molecule has 5 heteroatoms. The molecule has 0 bridgehead atoms. The summed E-state index contributed by atoms with van der Waals surface area (Å²) in [6.45, 7) is 2.07. The minimum atomic E-state index is -4.51. The van der Waals surface area contributed by atoms with E-state index in [9.17, 15) is 22.0 Å². The van der Waals surface area contributed by atoms with Gasteiger partial charge in [-0.1, -0.05) is 49.4 Å². The summed E-state index contributed by atoms with van der Waals surface area (Å²) >= 11 is 0. The molecule has 0 nitrogen and oxygen atoms in total. The quantitative estimate of drug-likeness (QED) is 0.299. The van der Waals surface area contributed by atoms with Crippen LogP contribution >= 0.6 is 0 Å². The molecule has 0 saturated heterocycles. The van der Waals surface area contributed by atoms with Gasteiger partial charge < -0.3 is 0 Å². The van der Waals surface area contributed by atoms with Crippen molar-refractivity contribution < 1.29 is 22.0 Å². The predicted octanol–water partition coefficient (Wildman–Crippen LogP) is 8.03. The molecule has 0 aliphatic heterocycles. The summed E-state index contributed by atoms with van der Waals surface area (Å²) in [5, 5.41) is 2.00. The number of benzene rings is 4. The molecule has 0 fully saturated rings. The van der Waals surface area contributed by atoms with Crippen molar-refractivity contribution in [2.45, 2.75) is 19.5 Å². The van der Waals surface area contributed by atoms with Gasteiger partial charge in [0.15, 0.2) is 0 Å². The van der Waals surface area contributed by atoms with E-state index in [2.05, 4.69) is 13.0 Å². The van der Waals surface area contributed by atoms with Gasteiger partial charge in [0.2, 0.25) is 0 Å². The summed E-state index contributed by atoms with van der Waals surface area (Å²) in [4.78, 5) is 0. The van der Waals surface area contributed by atoms with Gasteiger partial charge >= 0.3 is 6.18 Å². The average molecular weight is 412 g/mol. The van der Waals surface area contributed by atoms with E-state index in [4.69, 9.17) is 0 Å². The molecule has 0 aromatic heterocycles. The fourth-order valence-corrected chi connectivity index (χ4v) is 3.54. The fraction of sp³-hybridized carbons (Fsp3) is 0.120. The Morgan fingerprint density at radius 2 is 1.20 bits per heavy atom. The van der Waals surface area contributed by atoms with Gasteiger partial charge in [-0.2, -0.15) is 13.2 Å². The highest BCUT2D eigenvalue weighted by atomic mass is 19.4. The van der Waals surface area contributed by atoms with Gasteiger partial charge in [0, 0.05) is 0 Å². The van der Waals surface area contributed by atoms with Crippen LogP contribution in [0.15, 0.2) is 72.8 Å². The molecule has 0 aliphatic rings. The van der Waals surface area contributed by atoms with E-state index in [0.29, 0.717) is 11.1 Å². The molecule has 0 unspecified atom stereocenters. The molecule has 0 heterocycles. The molecule has 0 amide bonds. The molecule has 4 aromatic rings. The SMILES string of the molecule is CCc1ccc2cc(-c3cc(F)c(-c4ccc(C(F)(F)F)cc4)c(F)c3)ccc2c1. The van der Waals surface area contributed by atoms with Crippen LogP contribution in [0.2, 0.25) is 0 Å². The van der Waals surface area contributed by atoms with E-state index in [1.54, 1.807) is 6.07 Å². The van der Waals surface area contributed by atoms with Gasteiger partial charge in [-0.25, -0.2) is 8.78 Å². The van der Waals surface area contributed by atoms with Crippen molar-refractivity contribution in [3.05, 3.63) is 95.6 Å². The lowest BCUT2D eigenvalue weighted by Crippen LogP contribution is -2.04. The van der Waals surface area contributed by atoms with E-state index in [1.165, 1.54) is 17.7 Å². The third-order valence-corrected chi connectivity index (χ3v) is 5.19. The highest BCUT2D eigenvalue weighted by molar-refractivity contribution is 5.88. The summed E-state index contributed by atoms with van der Waals surface area (Å²) < 4.78 is 67.7. The van der Waals surface area contributed by atoms with Crippen LogP contribution in [0.5, 0.6) is 0 Å². The summed E-state index contributed by atoms with van der Waals surface area (Å²) in [6.07, 6.45) is -3.59. The van der Waals surface area contributed by atoms with Crippen LogP contribution in [0.25, 0.3) is 33.0 Å². The van der Waals surface area contributed by atoms with Gasteiger partial charge in [-0.3, -0.25) is 0 Å². The molecule has 30 heavy (non-hydrogen) atoms. The largest absolute Gasteiger partial charge is 0.416 e. The van der Waals surface area contributed by atoms with E-state index >= 15 is 0 Å². The van der Waals surface area contributed by atoms with Crippen molar-refractivity contribution in [1.82, 2.24) is 0 Å². The molecule has 0 saturated carbocycles. The van der Waals surface area contributed by atoms with Gasteiger partial charge in [0.05, 0.1) is 11.1 Å². The number of aryl methyl sites for hydroxylation is 1. The highest BCUT2D eigenvalue weighted by Crippen LogP contribution is 2.35. The van der Waals surface area contributed by atoms with E-state index in [1.807, 2.05) is 24.3 Å². The Bertz CT molecular complexity index is 1200. The average Bonchev–Trinajstić information content (AvgIpc) is 2.72. The molecule has 0 radical (unpaired) electrons. The van der Waals surface area contributed by atoms with Crippen molar-refractivity contribution in [3.8, 4) is 22.3 Å². The monoisotopic (exact) mass is 412 g/mol. The summed E-state index contributed by atoms with van der Waals surface area (Å²) in [7, 11) is 0. The number of alkyl halides is 3. The second-order valence-corrected chi connectivity index (χ2v) is 7.14. The van der Waals surface area contributed by atoms with Gasteiger partial charge in [0.1, 0.15) is 11.6 Å². The van der Waals surface area contributed by atoms with E-state index in [0.717, 1.165) is 41.5 Å². The Balaban J connectivity index is 1.73. The first-order valence-corrected chi connectivity index (χ1v) is 9.46. The lowest BCUT2D eigenvalue weighted by atomic mass is 9.96. The predicted molar refractivity (Wildman–Crippen MR) is 109 cm³/mol. The van der Waals surface area contributed by atoms with Crippen molar-refractivity contribution in [1.29, 1.82) is 0 Å². The Morgan fingerprint density at radius 3 is 1.80 bits per heavy atom. The van der Waals surface area contributed by atoms with Crippen LogP contribution in [0.4, 0.5) is 22.0 Å². The minimum Gasteiger partial charge on any atom is -0.206 e. The van der Waals surface area contributed by atoms with Crippen LogP contribution in [-0.4, -0.2) is 0 Å². The van der Waals surface area contributed by atoms with Crippen molar-refractivity contribution in [3.63, 3.8) is 0 Å². The lowest BCUT2D eigenvalue weighted by Gasteiger charge is -2.11. The summed E-state index contributed by atoms with van der Waals surface area (Å²) in [6, 6.07) is 17.8. The maximum atomic E-state index is 14.8. The van der Waals surface area contributed by atoms with E-state index < -0.39 is 23.4 Å². The van der Waals surface area contributed by atoms with Crippen LogP contribution in [0, 0.1) is 11.6 Å². The van der Waals surface area contributed by atoms with Gasteiger partial charge in [0.25, 0.3) is 0 Å². The van der Waals surface area contributed by atoms with Crippen LogP contribution in [0.1, 0.15) is 18.1 Å². The van der Waals surface area contributed by atoms with Gasteiger partial charge in [-0.05, 0) is 69.8 Å². The Kier molecular flexibility index (Phi) is 5.06. The number of halogens is 5. The van der Waals surface area contributed by atoms with Crippen LogP contribution < -0.4 is 0 Å². The normalized spacial score (nSPS) is 11.8. The minimum absolute atomic E-state index is 0.0511. The molecule has 152 valence electrons. The van der Waals surface area contributed by atoms with Crippen molar-refractivity contribution >= 4 is 10.8 Å². The zero-order valence-corrected chi connectivity index (χ0v) is 16.0. The topological polar surface area (TPSA) is 0 Å². The zero-order valence-electron chi connectivity index (χ0n) is 16.0. The molecule has 0 N–H and O–H groups in total. The molecule has 0 atom stereocenters. The molecule has 0 aliphatic carbocycles. The molecular formula is C25H17F5. The zero-order chi connectivity index (χ0) is 21.5. The first-order valence-electron chi connectivity index (χ1n) is 9.46. The Labute approximate surface area is 170 Å². The fourth-order valence-electron chi connectivity index (χ4n) is 3.54. The van der Waals surface area contributed by atoms with E-state index in [-0.39, 0.29) is 11.1 Å². The van der Waals surface area contributed by atoms with Crippen molar-refractivity contribution in [2.75, 3.05) is 0 Å². The maximum absolute atomic E-state index is 14.8. The molecule has 4 rings (SSSR count). The second kappa shape index (κ2) is 7.56. The second-order valence-electron chi connectivity index (χ2n) is 7.14. The Morgan fingerprint density at radius 1 is 0.633 bits per heavy atom. The number of hydrogen-bond donors (Lipinski definition) is 0. The first kappa shape index (κ1) is 20.1. The first-order chi connectivity index (χ1) is 14.3. The number of hydrogen-bond acceptors (Lipinski definition) is 0. The highest BCUT2D eigenvalue weighted by Gasteiger charge is 2.30. The third kappa shape index (κ3) is 3.80. The van der Waals surface area contributed by atoms with Crippen LogP contribution in [0.3, 0.4) is 0 Å². The lowest BCUT2D eigenvalue weighted by molar-refractivity contribution is -0.137. The Hall–Kier alpha value is -3.21. The number of rotatable bonds is 3. The third-order valence-electron chi connectivity index (χ3n) is 5.19.